The molecule has 1 aromatic carbocycles. The van der Waals surface area contributed by atoms with E-state index in [-0.39, 0.29) is 16.7 Å². The number of benzene rings is 1. The molecule has 0 unspecified atom stereocenters. The predicted octanol–water partition coefficient (Wildman–Crippen LogP) is 2.82. The summed E-state index contributed by atoms with van der Waals surface area (Å²) in [6, 6.07) is 4.64. The lowest BCUT2D eigenvalue weighted by Crippen LogP contribution is -2.11. The molecule has 0 aliphatic carbocycles. The van der Waals surface area contributed by atoms with Gasteiger partial charge in [0.25, 0.3) is 0 Å². The Kier molecular flexibility index (Phi) is 2.57. The van der Waals surface area contributed by atoms with Crippen LogP contribution < -0.4 is 10.2 Å². The molecule has 0 aliphatic rings. The molecule has 6 heteroatoms. The van der Waals surface area contributed by atoms with Gasteiger partial charge in [0.2, 0.25) is 5.76 Å². The fraction of sp³-hybridized carbons (Fsp3) is 0.182. The molecular weight excluding hydrogens is 237 g/mol. The number of halogens is 3. The van der Waals surface area contributed by atoms with Crippen LogP contribution in [-0.4, -0.2) is 7.11 Å². The Morgan fingerprint density at radius 1 is 1.29 bits per heavy atom. The van der Waals surface area contributed by atoms with Crippen LogP contribution >= 0.6 is 0 Å². The molecule has 3 nitrogen and oxygen atoms in total. The lowest BCUT2D eigenvalue weighted by molar-refractivity contribution is -0.152. The first-order chi connectivity index (χ1) is 7.93. The largest absolute Gasteiger partial charge is 0.496 e. The maximum Gasteiger partial charge on any atom is 0.449 e. The fourth-order valence-electron chi connectivity index (χ4n) is 1.49. The number of hydrogen-bond acceptors (Lipinski definition) is 3. The van der Waals surface area contributed by atoms with Crippen molar-refractivity contribution >= 4 is 11.0 Å². The van der Waals surface area contributed by atoms with Crippen molar-refractivity contribution in [1.82, 2.24) is 0 Å². The van der Waals surface area contributed by atoms with Gasteiger partial charge in [0.05, 0.1) is 7.11 Å². The average Bonchev–Trinajstić information content (AvgIpc) is 2.26. The third kappa shape index (κ3) is 1.98. The first kappa shape index (κ1) is 11.5. The second-order valence-corrected chi connectivity index (χ2v) is 3.31. The van der Waals surface area contributed by atoms with E-state index in [0.29, 0.717) is 6.07 Å². The van der Waals surface area contributed by atoms with E-state index in [9.17, 15) is 18.0 Å². The lowest BCUT2D eigenvalue weighted by atomic mass is 10.2. The molecule has 0 radical (unpaired) electrons. The van der Waals surface area contributed by atoms with E-state index in [2.05, 4.69) is 4.42 Å². The van der Waals surface area contributed by atoms with Gasteiger partial charge in [0.1, 0.15) is 16.7 Å². The molecule has 1 heterocycles. The van der Waals surface area contributed by atoms with Gasteiger partial charge in [-0.1, -0.05) is 6.07 Å². The molecule has 0 fully saturated rings. The van der Waals surface area contributed by atoms with Crippen molar-refractivity contribution in [2.75, 3.05) is 7.11 Å². The minimum atomic E-state index is -4.68. The third-order valence-electron chi connectivity index (χ3n) is 2.22. The van der Waals surface area contributed by atoms with Crippen LogP contribution in [0.1, 0.15) is 5.76 Å². The average molecular weight is 244 g/mol. The second-order valence-electron chi connectivity index (χ2n) is 3.31. The van der Waals surface area contributed by atoms with Gasteiger partial charge in [0.15, 0.2) is 5.43 Å². The molecule has 17 heavy (non-hydrogen) atoms. The Morgan fingerprint density at radius 2 is 2.00 bits per heavy atom. The first-order valence-corrected chi connectivity index (χ1v) is 4.61. The van der Waals surface area contributed by atoms with Crippen molar-refractivity contribution in [3.63, 3.8) is 0 Å². The summed E-state index contributed by atoms with van der Waals surface area (Å²) < 4.78 is 46.8. The Morgan fingerprint density at radius 3 is 2.59 bits per heavy atom. The van der Waals surface area contributed by atoms with Crippen molar-refractivity contribution in [3.05, 3.63) is 40.2 Å². The Hall–Kier alpha value is -1.98. The van der Waals surface area contributed by atoms with E-state index >= 15 is 0 Å². The molecule has 90 valence electrons. The van der Waals surface area contributed by atoms with Gasteiger partial charge in [0, 0.05) is 6.07 Å². The van der Waals surface area contributed by atoms with Gasteiger partial charge >= 0.3 is 6.18 Å². The first-order valence-electron chi connectivity index (χ1n) is 4.61. The normalized spacial score (nSPS) is 11.8. The topological polar surface area (TPSA) is 39.4 Å². The standard InChI is InChI=1S/C11H7F3O3/c1-16-7-3-2-4-8-10(7)6(15)5-9(17-8)11(12,13)14/h2-5H,1H3. The highest BCUT2D eigenvalue weighted by molar-refractivity contribution is 5.83. The molecule has 1 aromatic heterocycles. The molecule has 0 saturated heterocycles. The number of rotatable bonds is 1. The zero-order valence-corrected chi connectivity index (χ0v) is 8.67. The third-order valence-corrected chi connectivity index (χ3v) is 2.22. The summed E-state index contributed by atoms with van der Waals surface area (Å²) in [6.45, 7) is 0. The van der Waals surface area contributed by atoms with E-state index in [1.807, 2.05) is 0 Å². The molecule has 0 aliphatic heterocycles. The summed E-state index contributed by atoms with van der Waals surface area (Å²) in [5.41, 5.74) is -0.930. The van der Waals surface area contributed by atoms with Gasteiger partial charge < -0.3 is 9.15 Å². The molecule has 2 rings (SSSR count). The van der Waals surface area contributed by atoms with Crippen LogP contribution in [0, 0.1) is 0 Å². The maximum absolute atomic E-state index is 12.4. The smallest absolute Gasteiger partial charge is 0.449 e. The monoisotopic (exact) mass is 244 g/mol. The van der Waals surface area contributed by atoms with Crippen molar-refractivity contribution in [2.24, 2.45) is 0 Å². The van der Waals surface area contributed by atoms with Gasteiger partial charge in [-0.05, 0) is 12.1 Å². The highest BCUT2D eigenvalue weighted by Gasteiger charge is 2.35. The van der Waals surface area contributed by atoms with Gasteiger partial charge in [-0.2, -0.15) is 13.2 Å². The molecule has 0 N–H and O–H groups in total. The molecule has 0 amide bonds. The molecule has 0 spiro atoms. The number of hydrogen-bond donors (Lipinski definition) is 0. The highest BCUT2D eigenvalue weighted by Crippen LogP contribution is 2.31. The fourth-order valence-corrected chi connectivity index (χ4v) is 1.49. The Bertz CT molecular complexity index is 613. The summed E-state index contributed by atoms with van der Waals surface area (Å²) >= 11 is 0. The summed E-state index contributed by atoms with van der Waals surface area (Å²) in [5.74, 6) is -1.13. The summed E-state index contributed by atoms with van der Waals surface area (Å²) in [4.78, 5) is 11.6. The van der Waals surface area contributed by atoms with Gasteiger partial charge in [-0.15, -0.1) is 0 Å². The van der Waals surface area contributed by atoms with E-state index in [0.717, 1.165) is 0 Å². The maximum atomic E-state index is 12.4. The van der Waals surface area contributed by atoms with Crippen molar-refractivity contribution in [1.29, 1.82) is 0 Å². The molecule has 2 aromatic rings. The Balaban J connectivity index is 2.81. The van der Waals surface area contributed by atoms with Crippen LogP contribution in [0.3, 0.4) is 0 Å². The second kappa shape index (κ2) is 3.80. The van der Waals surface area contributed by atoms with Crippen molar-refractivity contribution in [2.45, 2.75) is 6.18 Å². The number of methoxy groups -OCH3 is 1. The summed E-state index contributed by atoms with van der Waals surface area (Å²) in [7, 11) is 1.33. The predicted molar refractivity (Wildman–Crippen MR) is 54.0 cm³/mol. The lowest BCUT2D eigenvalue weighted by Gasteiger charge is -2.08. The molecule has 0 atom stereocenters. The van der Waals surface area contributed by atoms with Crippen LogP contribution in [0.2, 0.25) is 0 Å². The van der Waals surface area contributed by atoms with Crippen molar-refractivity contribution in [3.8, 4) is 5.75 Å². The number of ether oxygens (including phenoxy) is 1. The number of fused-ring (bicyclic) bond motifs is 1. The summed E-state index contributed by atoms with van der Waals surface area (Å²) in [6.07, 6.45) is -4.68. The van der Waals surface area contributed by atoms with Crippen LogP contribution in [0.15, 0.2) is 33.5 Å². The van der Waals surface area contributed by atoms with Gasteiger partial charge in [-0.3, -0.25) is 4.79 Å². The van der Waals surface area contributed by atoms with Crippen LogP contribution in [-0.2, 0) is 6.18 Å². The van der Waals surface area contributed by atoms with Crippen LogP contribution in [0.4, 0.5) is 13.2 Å². The van der Waals surface area contributed by atoms with E-state index in [4.69, 9.17) is 4.74 Å². The molecular formula is C11H7F3O3. The van der Waals surface area contributed by atoms with E-state index in [1.165, 1.54) is 25.3 Å². The zero-order chi connectivity index (χ0) is 12.6. The molecule has 0 saturated carbocycles. The minimum absolute atomic E-state index is 0.00278. The summed E-state index contributed by atoms with van der Waals surface area (Å²) in [5, 5.41) is 0.00278. The van der Waals surface area contributed by atoms with Crippen LogP contribution in [0.5, 0.6) is 5.75 Å². The zero-order valence-electron chi connectivity index (χ0n) is 8.67. The Labute approximate surface area is 93.4 Å². The van der Waals surface area contributed by atoms with E-state index in [1.54, 1.807) is 0 Å². The van der Waals surface area contributed by atoms with Gasteiger partial charge in [-0.25, -0.2) is 0 Å². The van der Waals surface area contributed by atoms with Crippen molar-refractivity contribution < 1.29 is 22.3 Å². The molecule has 0 bridgehead atoms. The quantitative estimate of drug-likeness (QED) is 0.774. The number of alkyl halides is 3. The SMILES string of the molecule is COc1cccc2oc(C(F)(F)F)cc(=O)c12. The van der Waals surface area contributed by atoms with Crippen LogP contribution in [0.25, 0.3) is 11.0 Å². The minimum Gasteiger partial charge on any atom is -0.496 e. The van der Waals surface area contributed by atoms with E-state index < -0.39 is 17.4 Å². The highest BCUT2D eigenvalue weighted by atomic mass is 19.4.